The predicted molar refractivity (Wildman–Crippen MR) is 133 cm³/mol. The van der Waals surface area contributed by atoms with Crippen LogP contribution in [-0.4, -0.2) is 39.3 Å². The van der Waals surface area contributed by atoms with Crippen molar-refractivity contribution in [3.05, 3.63) is 58.5 Å². The Hall–Kier alpha value is -1.99. The second-order valence-electron chi connectivity index (χ2n) is 9.20. The summed E-state index contributed by atoms with van der Waals surface area (Å²) < 4.78 is 1.07. The maximum Gasteiger partial charge on any atom is 0.303 e. The van der Waals surface area contributed by atoms with Gasteiger partial charge in [-0.2, -0.15) is 0 Å². The first-order valence-electron chi connectivity index (χ1n) is 11.2. The number of benzene rings is 1. The monoisotopic (exact) mass is 490 g/mol. The van der Waals surface area contributed by atoms with Crippen molar-refractivity contribution < 1.29 is 24.9 Å². The largest absolute Gasteiger partial charge is 0.481 e. The molecule has 0 bridgehead atoms. The summed E-state index contributed by atoms with van der Waals surface area (Å²) in [6, 6.07) is 7.85. The van der Waals surface area contributed by atoms with Crippen LogP contribution in [0.5, 0.6) is 0 Å². The van der Waals surface area contributed by atoms with Gasteiger partial charge in [0.25, 0.3) is 0 Å². The Morgan fingerprint density at radius 3 is 2.70 bits per heavy atom. The molecule has 3 N–H and O–H groups in total. The van der Waals surface area contributed by atoms with E-state index >= 15 is 0 Å². The highest BCUT2D eigenvalue weighted by Crippen LogP contribution is 2.45. The van der Waals surface area contributed by atoms with E-state index in [0.717, 1.165) is 15.0 Å². The summed E-state index contributed by atoms with van der Waals surface area (Å²) in [6.07, 6.45) is 7.73. The van der Waals surface area contributed by atoms with Gasteiger partial charge in [0.05, 0.1) is 22.6 Å². The van der Waals surface area contributed by atoms with E-state index in [-0.39, 0.29) is 18.1 Å². The Labute approximate surface area is 203 Å². The first-order valence-corrected chi connectivity index (χ1v) is 12.4. The first kappa shape index (κ1) is 25.6. The van der Waals surface area contributed by atoms with E-state index in [1.807, 2.05) is 36.4 Å². The average molecular weight is 491 g/mol. The summed E-state index contributed by atoms with van der Waals surface area (Å²) in [5.41, 5.74) is -0.865. The zero-order valence-electron chi connectivity index (χ0n) is 18.9. The van der Waals surface area contributed by atoms with E-state index < -0.39 is 29.5 Å². The number of halogens is 1. The van der Waals surface area contributed by atoms with E-state index in [9.17, 15) is 19.8 Å². The number of carboxylic acids is 1. The molecule has 1 saturated carbocycles. The van der Waals surface area contributed by atoms with Crippen LogP contribution in [0.3, 0.4) is 0 Å². The van der Waals surface area contributed by atoms with E-state index in [2.05, 4.69) is 0 Å². The molecule has 1 aromatic heterocycles. The third kappa shape index (κ3) is 5.93. The number of rotatable bonds is 10. The number of aliphatic hydroxyl groups excluding tert-OH is 2. The molecule has 0 radical (unpaired) electrons. The molecule has 5 nitrogen and oxygen atoms in total. The van der Waals surface area contributed by atoms with E-state index in [0.29, 0.717) is 30.7 Å². The van der Waals surface area contributed by atoms with Crippen molar-refractivity contribution in [3.8, 4) is 0 Å². The summed E-state index contributed by atoms with van der Waals surface area (Å²) in [5.74, 6) is -1.60. The number of aliphatic carboxylic acids is 1. The van der Waals surface area contributed by atoms with E-state index in [1.54, 1.807) is 37.3 Å². The fraction of sp³-hybridized carbons (Fsp3) is 0.462. The molecule has 1 unspecified atom stereocenters. The van der Waals surface area contributed by atoms with Gasteiger partial charge in [-0.3, -0.25) is 9.59 Å². The molecule has 1 aromatic carbocycles. The Morgan fingerprint density at radius 2 is 2.00 bits per heavy atom. The minimum absolute atomic E-state index is 0.00174. The number of hydrogen-bond donors (Lipinski definition) is 3. The number of Topliss-reactive ketones (excluding diaryl/α,β-unsaturated/α-hetero) is 1. The quantitative estimate of drug-likeness (QED) is 0.305. The second kappa shape index (κ2) is 11.0. The average Bonchev–Trinajstić information content (AvgIpc) is 3.16. The molecule has 0 aliphatic heterocycles. The van der Waals surface area contributed by atoms with Crippen LogP contribution in [0, 0.1) is 17.3 Å². The fourth-order valence-electron chi connectivity index (χ4n) is 4.45. The van der Waals surface area contributed by atoms with Gasteiger partial charge in [-0.25, -0.2) is 0 Å². The number of ketones is 1. The third-order valence-electron chi connectivity index (χ3n) is 6.41. The van der Waals surface area contributed by atoms with E-state index in [1.165, 1.54) is 0 Å². The standard InChI is InChI=1S/C26H31ClO5S/c1-26(2)24(31)17(9-5-3-4-6-12-22(29)30)18(25(26)32)14-13-16(28)15-21-23(27)19-10-7-8-11-20(19)33-21/h3,5,7-8,10-11,13-14,16-18,25,28,32H,4,6,9,12,15H2,1-2H3,(H,29,30)/b5-3-,14-13+/t16?,17-,18-,25+/m1/s1. The molecule has 178 valence electrons. The first-order chi connectivity index (χ1) is 15.6. The molecule has 0 saturated heterocycles. The number of fused-ring (bicyclic) bond motifs is 1. The molecule has 1 fully saturated rings. The van der Waals surface area contributed by atoms with Crippen LogP contribution in [0.25, 0.3) is 10.1 Å². The van der Waals surface area contributed by atoms with Crippen LogP contribution in [0.1, 0.15) is 44.4 Å². The Bertz CT molecular complexity index is 1050. The SMILES string of the molecule is CC1(C)C(=O)[C@H](C/C=C\CCCC(=O)O)[C@@H](/C=C/C(O)Cc2sc3ccccc3c2Cl)[C@@H]1O. The van der Waals surface area contributed by atoms with Gasteiger partial charge in [0.1, 0.15) is 5.78 Å². The highest BCUT2D eigenvalue weighted by molar-refractivity contribution is 7.19. The maximum absolute atomic E-state index is 13.0. The number of hydrogen-bond acceptors (Lipinski definition) is 5. The number of carbonyl (C=O) groups is 2. The summed E-state index contributed by atoms with van der Waals surface area (Å²) in [4.78, 5) is 24.5. The lowest BCUT2D eigenvalue weighted by Gasteiger charge is -2.22. The fourth-order valence-corrected chi connectivity index (χ4v) is 6.00. The number of allylic oxidation sites excluding steroid dienone is 2. The normalized spacial score (nSPS) is 23.8. The molecular weight excluding hydrogens is 460 g/mol. The lowest BCUT2D eigenvalue weighted by Crippen LogP contribution is -2.31. The Kier molecular flexibility index (Phi) is 8.51. The van der Waals surface area contributed by atoms with Crippen LogP contribution in [0.2, 0.25) is 5.02 Å². The molecule has 7 heteroatoms. The van der Waals surface area contributed by atoms with Crippen LogP contribution in [0.4, 0.5) is 0 Å². The van der Waals surface area contributed by atoms with Crippen LogP contribution >= 0.6 is 22.9 Å². The van der Waals surface area contributed by atoms with Crippen molar-refractivity contribution in [2.24, 2.45) is 17.3 Å². The molecule has 2 aromatic rings. The van der Waals surface area contributed by atoms with Gasteiger partial charge in [0.15, 0.2) is 0 Å². The van der Waals surface area contributed by atoms with Crippen LogP contribution in [0.15, 0.2) is 48.6 Å². The van der Waals surface area contributed by atoms with Gasteiger partial charge < -0.3 is 15.3 Å². The van der Waals surface area contributed by atoms with Crippen LogP contribution in [-0.2, 0) is 16.0 Å². The summed E-state index contributed by atoms with van der Waals surface area (Å²) in [6.45, 7) is 3.51. The molecular formula is C26H31ClO5S. The number of thiophene rings is 1. The van der Waals surface area contributed by atoms with Crippen molar-refractivity contribution in [1.82, 2.24) is 0 Å². The molecule has 4 atom stereocenters. The minimum Gasteiger partial charge on any atom is -0.481 e. The molecule has 0 amide bonds. The van der Waals surface area contributed by atoms with Gasteiger partial charge in [-0.1, -0.05) is 68.0 Å². The van der Waals surface area contributed by atoms with Crippen molar-refractivity contribution in [1.29, 1.82) is 0 Å². The topological polar surface area (TPSA) is 94.8 Å². The van der Waals surface area contributed by atoms with Gasteiger partial charge in [-0.05, 0) is 25.3 Å². The number of unbranched alkanes of at least 4 members (excludes halogenated alkanes) is 1. The predicted octanol–water partition coefficient (Wildman–Crippen LogP) is 5.42. The molecule has 1 aliphatic rings. The van der Waals surface area contributed by atoms with Gasteiger partial charge in [0.2, 0.25) is 0 Å². The van der Waals surface area contributed by atoms with Crippen LogP contribution < -0.4 is 0 Å². The number of carbonyl (C=O) groups excluding carboxylic acids is 1. The van der Waals surface area contributed by atoms with Gasteiger partial charge >= 0.3 is 5.97 Å². The van der Waals surface area contributed by atoms with Crippen molar-refractivity contribution >= 4 is 44.8 Å². The lowest BCUT2D eigenvalue weighted by molar-refractivity contribution is -0.137. The number of carboxylic acid groups (broad SMARTS) is 1. The third-order valence-corrected chi connectivity index (χ3v) is 8.15. The highest BCUT2D eigenvalue weighted by Gasteiger charge is 2.52. The Balaban J connectivity index is 1.67. The van der Waals surface area contributed by atoms with Gasteiger partial charge in [0, 0.05) is 39.6 Å². The van der Waals surface area contributed by atoms with Crippen molar-refractivity contribution in [2.75, 3.05) is 0 Å². The second-order valence-corrected chi connectivity index (χ2v) is 10.7. The summed E-state index contributed by atoms with van der Waals surface area (Å²) >= 11 is 8.05. The minimum atomic E-state index is -0.865. The smallest absolute Gasteiger partial charge is 0.303 e. The molecule has 33 heavy (non-hydrogen) atoms. The summed E-state index contributed by atoms with van der Waals surface area (Å²) in [7, 11) is 0. The van der Waals surface area contributed by atoms with Crippen molar-refractivity contribution in [3.63, 3.8) is 0 Å². The van der Waals surface area contributed by atoms with Crippen molar-refractivity contribution in [2.45, 2.75) is 58.2 Å². The molecule has 1 aliphatic carbocycles. The highest BCUT2D eigenvalue weighted by atomic mass is 35.5. The molecule has 1 heterocycles. The zero-order chi connectivity index (χ0) is 24.2. The van der Waals surface area contributed by atoms with Gasteiger partial charge in [-0.15, -0.1) is 11.3 Å². The lowest BCUT2D eigenvalue weighted by atomic mass is 9.86. The zero-order valence-corrected chi connectivity index (χ0v) is 20.5. The maximum atomic E-state index is 13.0. The Morgan fingerprint density at radius 1 is 1.27 bits per heavy atom. The van der Waals surface area contributed by atoms with E-state index in [4.69, 9.17) is 16.7 Å². The molecule has 3 rings (SSSR count). The molecule has 0 spiro atoms. The number of aliphatic hydroxyl groups is 2. The summed E-state index contributed by atoms with van der Waals surface area (Å²) in [5, 5.41) is 31.8.